The van der Waals surface area contributed by atoms with Gasteiger partial charge in [-0.2, -0.15) is 4.39 Å². The molecule has 0 radical (unpaired) electrons. The minimum Gasteiger partial charge on any atom is -0.454 e. The van der Waals surface area contributed by atoms with E-state index in [4.69, 9.17) is 14.2 Å². The zero-order valence-electron chi connectivity index (χ0n) is 17.6. The molecule has 7 nitrogen and oxygen atoms in total. The third-order valence-corrected chi connectivity index (χ3v) is 5.56. The number of nitrogens with one attached hydrogen (secondary N) is 1. The van der Waals surface area contributed by atoms with Crippen molar-refractivity contribution in [2.45, 2.75) is 6.92 Å². The molecular weight excluding hydrogens is 413 g/mol. The van der Waals surface area contributed by atoms with E-state index in [9.17, 15) is 9.18 Å². The number of hydrogen-bond donors (Lipinski definition) is 1. The van der Waals surface area contributed by atoms with Gasteiger partial charge in [0.2, 0.25) is 12.7 Å². The van der Waals surface area contributed by atoms with E-state index in [0.29, 0.717) is 60.4 Å². The van der Waals surface area contributed by atoms with Crippen molar-refractivity contribution in [2.24, 2.45) is 0 Å². The summed E-state index contributed by atoms with van der Waals surface area (Å²) in [5.74, 6) is 0.934. The topological polar surface area (TPSA) is 72.9 Å². The number of halogens is 1. The average Bonchev–Trinajstić information content (AvgIpc) is 3.28. The van der Waals surface area contributed by atoms with Gasteiger partial charge < -0.3 is 24.4 Å². The summed E-state index contributed by atoms with van der Waals surface area (Å²) in [6, 6.07) is 13.9. The van der Waals surface area contributed by atoms with E-state index in [-0.39, 0.29) is 12.7 Å². The number of carbonyl (C=O) groups is 1. The van der Waals surface area contributed by atoms with Gasteiger partial charge in [0.1, 0.15) is 5.82 Å². The highest BCUT2D eigenvalue weighted by Crippen LogP contribution is 2.33. The fraction of sp³-hybridized carbons (Fsp3) is 0.250. The Bertz CT molecular complexity index is 1180. The van der Waals surface area contributed by atoms with Gasteiger partial charge in [-0.05, 0) is 60.0 Å². The van der Waals surface area contributed by atoms with Crippen LogP contribution in [0.5, 0.6) is 11.5 Å². The Balaban J connectivity index is 1.41. The molecule has 1 N–H and O–H groups in total. The fourth-order valence-electron chi connectivity index (χ4n) is 3.84. The van der Waals surface area contributed by atoms with Crippen molar-refractivity contribution in [1.82, 2.24) is 4.98 Å². The van der Waals surface area contributed by atoms with Gasteiger partial charge >= 0.3 is 0 Å². The zero-order chi connectivity index (χ0) is 22.1. The van der Waals surface area contributed by atoms with Gasteiger partial charge in [0.15, 0.2) is 11.5 Å². The van der Waals surface area contributed by atoms with Gasteiger partial charge in [0.05, 0.1) is 13.2 Å². The van der Waals surface area contributed by atoms with Gasteiger partial charge in [0, 0.05) is 30.4 Å². The van der Waals surface area contributed by atoms with Crippen LogP contribution in [0.3, 0.4) is 0 Å². The number of amides is 1. The van der Waals surface area contributed by atoms with Crippen LogP contribution >= 0.6 is 0 Å². The van der Waals surface area contributed by atoms with E-state index in [2.05, 4.69) is 10.3 Å². The molecule has 8 heteroatoms. The monoisotopic (exact) mass is 435 g/mol. The highest BCUT2D eigenvalue weighted by molar-refractivity contribution is 6.05. The molecule has 0 unspecified atom stereocenters. The summed E-state index contributed by atoms with van der Waals surface area (Å²) in [4.78, 5) is 18.8. The summed E-state index contributed by atoms with van der Waals surface area (Å²) in [6.45, 7) is 4.62. The van der Waals surface area contributed by atoms with Crippen LogP contribution in [0.2, 0.25) is 0 Å². The molecule has 3 heterocycles. The maximum Gasteiger partial charge on any atom is 0.255 e. The van der Waals surface area contributed by atoms with E-state index in [1.807, 2.05) is 36.1 Å². The van der Waals surface area contributed by atoms with Crippen molar-refractivity contribution in [3.63, 3.8) is 0 Å². The van der Waals surface area contributed by atoms with E-state index in [1.54, 1.807) is 18.2 Å². The molecule has 1 fully saturated rings. The molecule has 2 aromatic carbocycles. The van der Waals surface area contributed by atoms with E-state index in [1.165, 1.54) is 6.07 Å². The number of fused-ring (bicyclic) bond motifs is 1. The van der Waals surface area contributed by atoms with Crippen LogP contribution in [0.1, 0.15) is 15.9 Å². The lowest BCUT2D eigenvalue weighted by Gasteiger charge is -2.28. The Labute approximate surface area is 184 Å². The van der Waals surface area contributed by atoms with E-state index >= 15 is 0 Å². The van der Waals surface area contributed by atoms with Crippen molar-refractivity contribution in [3.05, 3.63) is 65.6 Å². The summed E-state index contributed by atoms with van der Waals surface area (Å²) in [5, 5.41) is 2.91. The molecule has 0 saturated carbocycles. The second kappa shape index (κ2) is 8.47. The molecule has 5 rings (SSSR count). The highest BCUT2D eigenvalue weighted by Gasteiger charge is 2.18. The van der Waals surface area contributed by atoms with E-state index < -0.39 is 5.95 Å². The summed E-state index contributed by atoms with van der Waals surface area (Å²) in [5.41, 5.74) is 3.56. The number of anilines is 2. The third-order valence-electron chi connectivity index (χ3n) is 5.56. The predicted molar refractivity (Wildman–Crippen MR) is 118 cm³/mol. The van der Waals surface area contributed by atoms with Crippen LogP contribution in [-0.4, -0.2) is 44.0 Å². The molecular formula is C24H22FN3O4. The van der Waals surface area contributed by atoms with Crippen molar-refractivity contribution in [1.29, 1.82) is 0 Å². The molecule has 0 atom stereocenters. The maximum absolute atomic E-state index is 14.4. The number of nitrogens with zero attached hydrogens (tertiary/aromatic N) is 2. The summed E-state index contributed by atoms with van der Waals surface area (Å²) < 4.78 is 30.4. The van der Waals surface area contributed by atoms with Crippen molar-refractivity contribution >= 4 is 17.4 Å². The molecule has 1 amide bonds. The maximum atomic E-state index is 14.4. The van der Waals surface area contributed by atoms with Crippen LogP contribution in [0.4, 0.5) is 15.9 Å². The fourth-order valence-corrected chi connectivity index (χ4v) is 3.84. The zero-order valence-corrected chi connectivity index (χ0v) is 17.6. The van der Waals surface area contributed by atoms with Gasteiger partial charge in [-0.1, -0.05) is 6.07 Å². The summed E-state index contributed by atoms with van der Waals surface area (Å²) in [7, 11) is 0. The Kier molecular flexibility index (Phi) is 5.36. The molecule has 1 aromatic heterocycles. The van der Waals surface area contributed by atoms with Crippen molar-refractivity contribution in [3.8, 4) is 22.6 Å². The third kappa shape index (κ3) is 4.09. The number of carbonyl (C=O) groups excluding carboxylic acids is 1. The molecule has 2 aliphatic heterocycles. The minimum atomic E-state index is -0.543. The molecule has 32 heavy (non-hydrogen) atoms. The SMILES string of the molecule is Cc1ccc(NC(=O)c2ccc3c(c2)OCO3)cc1-c1cc(F)nc(N2CCOCC2)c1. The highest BCUT2D eigenvalue weighted by atomic mass is 19.1. The first-order valence-electron chi connectivity index (χ1n) is 10.4. The van der Waals surface area contributed by atoms with Crippen LogP contribution in [0.15, 0.2) is 48.5 Å². The predicted octanol–water partition coefficient (Wildman–Crippen LogP) is 4.01. The number of aromatic nitrogens is 1. The first kappa shape index (κ1) is 20.3. The number of benzene rings is 2. The number of ether oxygens (including phenoxy) is 3. The van der Waals surface area contributed by atoms with E-state index in [0.717, 1.165) is 11.1 Å². The molecule has 0 bridgehead atoms. The number of aryl methyl sites for hydroxylation is 1. The largest absolute Gasteiger partial charge is 0.454 e. The van der Waals surface area contributed by atoms with Gasteiger partial charge in [-0.3, -0.25) is 4.79 Å². The average molecular weight is 435 g/mol. The quantitative estimate of drug-likeness (QED) is 0.625. The molecule has 2 aliphatic rings. The molecule has 3 aromatic rings. The van der Waals surface area contributed by atoms with Gasteiger partial charge in [-0.15, -0.1) is 0 Å². The van der Waals surface area contributed by atoms with Crippen molar-refractivity contribution in [2.75, 3.05) is 43.3 Å². The molecule has 0 spiro atoms. The van der Waals surface area contributed by atoms with Crippen molar-refractivity contribution < 1.29 is 23.4 Å². The lowest BCUT2D eigenvalue weighted by molar-refractivity contribution is 0.102. The summed E-state index contributed by atoms with van der Waals surface area (Å²) in [6.07, 6.45) is 0. The number of pyridine rings is 1. The Morgan fingerprint density at radius 2 is 1.84 bits per heavy atom. The molecule has 1 saturated heterocycles. The van der Waals surface area contributed by atoms with Crippen LogP contribution in [0.25, 0.3) is 11.1 Å². The molecule has 0 aliphatic carbocycles. The smallest absolute Gasteiger partial charge is 0.255 e. The Hall–Kier alpha value is -3.65. The molecule has 164 valence electrons. The standard InChI is InChI=1S/C24H22FN3O4/c1-15-2-4-18(26-24(29)16-3-5-20-21(10-16)32-14-31-20)13-19(15)17-11-22(25)27-23(12-17)28-6-8-30-9-7-28/h2-5,10-13H,6-9,14H2,1H3,(H,26,29). The minimum absolute atomic E-state index is 0.149. The number of rotatable bonds is 4. The van der Waals surface area contributed by atoms with Gasteiger partial charge in [0.25, 0.3) is 5.91 Å². The second-order valence-electron chi connectivity index (χ2n) is 7.69. The lowest BCUT2D eigenvalue weighted by Crippen LogP contribution is -2.36. The normalized spacial score (nSPS) is 15.0. The lowest BCUT2D eigenvalue weighted by atomic mass is 10.00. The first-order chi connectivity index (χ1) is 15.6. The van der Waals surface area contributed by atoms with Crippen LogP contribution in [-0.2, 0) is 4.74 Å². The first-order valence-corrected chi connectivity index (χ1v) is 10.4. The van der Waals surface area contributed by atoms with Crippen LogP contribution in [0, 0.1) is 12.9 Å². The van der Waals surface area contributed by atoms with Gasteiger partial charge in [-0.25, -0.2) is 4.98 Å². The Morgan fingerprint density at radius 3 is 2.69 bits per heavy atom. The number of morpholine rings is 1. The summed E-state index contributed by atoms with van der Waals surface area (Å²) >= 11 is 0. The van der Waals surface area contributed by atoms with Crippen LogP contribution < -0.4 is 19.7 Å². The second-order valence-corrected chi connectivity index (χ2v) is 7.69. The number of hydrogen-bond acceptors (Lipinski definition) is 6. The Morgan fingerprint density at radius 1 is 1.03 bits per heavy atom.